The molecule has 0 aliphatic carbocycles. The van der Waals surface area contributed by atoms with E-state index in [2.05, 4.69) is 31.9 Å². The van der Waals surface area contributed by atoms with Gasteiger partial charge in [-0.1, -0.05) is 44.0 Å². The van der Waals surface area contributed by atoms with E-state index in [4.69, 9.17) is 0 Å². The van der Waals surface area contributed by atoms with Gasteiger partial charge in [-0.05, 0) is 24.6 Å². The molecule has 1 nitrogen and oxygen atoms in total. The average molecular weight is 292 g/mol. The zero-order valence-corrected chi connectivity index (χ0v) is 9.72. The largest absolute Gasteiger partial charge is 0.298 e. The van der Waals surface area contributed by atoms with Crippen LogP contribution < -0.4 is 0 Å². The Kier molecular flexibility index (Phi) is 3.47. The summed E-state index contributed by atoms with van der Waals surface area (Å²) in [5.41, 5.74) is 0.991. The van der Waals surface area contributed by atoms with Gasteiger partial charge in [-0.2, -0.15) is 0 Å². The lowest BCUT2D eigenvalue weighted by molar-refractivity contribution is -0.116. The van der Waals surface area contributed by atoms with Gasteiger partial charge in [0, 0.05) is 4.47 Å². The molecule has 1 rings (SSSR count). The highest BCUT2D eigenvalue weighted by Crippen LogP contribution is 2.24. The lowest BCUT2D eigenvalue weighted by atomic mass is 10.1. The summed E-state index contributed by atoms with van der Waals surface area (Å²) < 4.78 is 1.02. The second-order valence-corrected chi connectivity index (χ2v) is 4.36. The van der Waals surface area contributed by atoms with Gasteiger partial charge in [-0.25, -0.2) is 0 Å². The molecule has 0 radical (unpaired) electrons. The third-order valence-corrected chi connectivity index (χ3v) is 3.22. The highest BCUT2D eigenvalue weighted by atomic mass is 79.9. The first-order chi connectivity index (χ1) is 5.61. The van der Waals surface area contributed by atoms with Gasteiger partial charge in [-0.15, -0.1) is 0 Å². The van der Waals surface area contributed by atoms with Crippen LogP contribution in [0.5, 0.6) is 0 Å². The predicted molar refractivity (Wildman–Crippen MR) is 56.5 cm³/mol. The standard InChI is InChI=1S/C9H8Br2O/c1-6(12)9(11)7-2-4-8(10)5-3-7/h2-5,9H,1H3. The van der Waals surface area contributed by atoms with Gasteiger partial charge >= 0.3 is 0 Å². The van der Waals surface area contributed by atoms with Gasteiger partial charge in [-0.3, -0.25) is 4.79 Å². The van der Waals surface area contributed by atoms with Crippen LogP contribution in [0.2, 0.25) is 0 Å². The van der Waals surface area contributed by atoms with Crippen molar-refractivity contribution in [3.8, 4) is 0 Å². The van der Waals surface area contributed by atoms with E-state index in [1.54, 1.807) is 6.92 Å². The Balaban J connectivity index is 2.89. The first-order valence-corrected chi connectivity index (χ1v) is 5.22. The van der Waals surface area contributed by atoms with E-state index < -0.39 is 0 Å². The van der Waals surface area contributed by atoms with E-state index in [0.717, 1.165) is 10.0 Å². The highest BCUT2D eigenvalue weighted by molar-refractivity contribution is 9.10. The Hall–Kier alpha value is -0.150. The summed E-state index contributed by atoms with van der Waals surface area (Å²) in [7, 11) is 0. The summed E-state index contributed by atoms with van der Waals surface area (Å²) in [5.74, 6) is 0.123. The molecule has 0 heterocycles. The number of ketones is 1. The van der Waals surface area contributed by atoms with Crippen molar-refractivity contribution in [2.24, 2.45) is 0 Å². The Labute approximate surface area is 88.4 Å². The molecule has 0 spiro atoms. The van der Waals surface area contributed by atoms with Crippen molar-refractivity contribution in [2.75, 3.05) is 0 Å². The van der Waals surface area contributed by atoms with Crippen molar-refractivity contribution < 1.29 is 4.79 Å². The number of alkyl halides is 1. The van der Waals surface area contributed by atoms with Gasteiger partial charge in [0.15, 0.2) is 0 Å². The molecule has 0 N–H and O–H groups in total. The molecule has 12 heavy (non-hydrogen) atoms. The van der Waals surface area contributed by atoms with Gasteiger partial charge in [0.05, 0.1) is 4.83 Å². The fourth-order valence-corrected chi connectivity index (χ4v) is 1.44. The number of carbonyl (C=O) groups excluding carboxylic acids is 1. The molecule has 0 amide bonds. The number of hydrogen-bond acceptors (Lipinski definition) is 1. The normalized spacial score (nSPS) is 12.6. The molecule has 64 valence electrons. The van der Waals surface area contributed by atoms with Crippen LogP contribution in [-0.2, 0) is 4.79 Å². The molecule has 1 aromatic rings. The Bertz CT molecular complexity index is 279. The third kappa shape index (κ3) is 2.42. The van der Waals surface area contributed by atoms with Crippen LogP contribution >= 0.6 is 31.9 Å². The SMILES string of the molecule is CC(=O)C(Br)c1ccc(Br)cc1. The first kappa shape index (κ1) is 9.93. The van der Waals surface area contributed by atoms with Gasteiger partial charge < -0.3 is 0 Å². The Morgan fingerprint density at radius 2 is 1.83 bits per heavy atom. The zero-order valence-electron chi connectivity index (χ0n) is 6.55. The summed E-state index contributed by atoms with van der Waals surface area (Å²) in [6.45, 7) is 1.57. The molecule has 0 aliphatic rings. The molecule has 1 aromatic carbocycles. The van der Waals surface area contributed by atoms with Crippen LogP contribution in [0.3, 0.4) is 0 Å². The molecule has 0 aromatic heterocycles. The van der Waals surface area contributed by atoms with Crippen LogP contribution in [0.25, 0.3) is 0 Å². The number of halogens is 2. The summed E-state index contributed by atoms with van der Waals surface area (Å²) in [4.78, 5) is 10.8. The van der Waals surface area contributed by atoms with E-state index in [9.17, 15) is 4.79 Å². The van der Waals surface area contributed by atoms with Crippen molar-refractivity contribution >= 4 is 37.6 Å². The van der Waals surface area contributed by atoms with Crippen molar-refractivity contribution in [3.05, 3.63) is 34.3 Å². The number of Topliss-reactive ketones (excluding diaryl/α,β-unsaturated/α-hetero) is 1. The lowest BCUT2D eigenvalue weighted by Gasteiger charge is -2.05. The monoisotopic (exact) mass is 290 g/mol. The van der Waals surface area contributed by atoms with E-state index in [0.29, 0.717) is 0 Å². The fraction of sp³-hybridized carbons (Fsp3) is 0.222. The van der Waals surface area contributed by atoms with Crippen LogP contribution in [0.1, 0.15) is 17.3 Å². The molecule has 0 aliphatic heterocycles. The van der Waals surface area contributed by atoms with Crippen LogP contribution in [0.4, 0.5) is 0 Å². The lowest BCUT2D eigenvalue weighted by Crippen LogP contribution is -2.00. The quantitative estimate of drug-likeness (QED) is 0.763. The molecule has 0 saturated heterocycles. The summed E-state index contributed by atoms with van der Waals surface area (Å²) >= 11 is 6.64. The van der Waals surface area contributed by atoms with Gasteiger partial charge in [0.25, 0.3) is 0 Å². The van der Waals surface area contributed by atoms with Crippen molar-refractivity contribution in [2.45, 2.75) is 11.8 Å². The minimum atomic E-state index is -0.175. The fourth-order valence-electron chi connectivity index (χ4n) is 0.866. The van der Waals surface area contributed by atoms with E-state index >= 15 is 0 Å². The Morgan fingerprint density at radius 1 is 1.33 bits per heavy atom. The van der Waals surface area contributed by atoms with E-state index in [1.807, 2.05) is 24.3 Å². The van der Waals surface area contributed by atoms with Crippen molar-refractivity contribution in [3.63, 3.8) is 0 Å². The molecule has 0 bridgehead atoms. The number of rotatable bonds is 2. The zero-order chi connectivity index (χ0) is 9.14. The molecule has 1 unspecified atom stereocenters. The number of hydrogen-bond donors (Lipinski definition) is 0. The van der Waals surface area contributed by atoms with Crippen LogP contribution in [0.15, 0.2) is 28.7 Å². The number of carbonyl (C=O) groups is 1. The number of benzene rings is 1. The summed E-state index contributed by atoms with van der Waals surface area (Å²) in [6, 6.07) is 7.69. The predicted octanol–water partition coefficient (Wildman–Crippen LogP) is 3.47. The van der Waals surface area contributed by atoms with Crippen molar-refractivity contribution in [1.82, 2.24) is 0 Å². The smallest absolute Gasteiger partial charge is 0.147 e. The highest BCUT2D eigenvalue weighted by Gasteiger charge is 2.11. The minimum Gasteiger partial charge on any atom is -0.298 e. The molecule has 3 heteroatoms. The van der Waals surface area contributed by atoms with E-state index in [-0.39, 0.29) is 10.6 Å². The second-order valence-electron chi connectivity index (χ2n) is 2.52. The maximum Gasteiger partial charge on any atom is 0.147 e. The van der Waals surface area contributed by atoms with Gasteiger partial charge in [0.2, 0.25) is 0 Å². The third-order valence-electron chi connectivity index (χ3n) is 1.52. The maximum absolute atomic E-state index is 11.0. The molecular formula is C9H8Br2O. The van der Waals surface area contributed by atoms with Gasteiger partial charge in [0.1, 0.15) is 5.78 Å². The molecular weight excluding hydrogens is 284 g/mol. The summed E-state index contributed by atoms with van der Waals surface area (Å²) in [6.07, 6.45) is 0. The topological polar surface area (TPSA) is 17.1 Å². The molecule has 0 saturated carbocycles. The second kappa shape index (κ2) is 4.19. The van der Waals surface area contributed by atoms with E-state index in [1.165, 1.54) is 0 Å². The molecule has 1 atom stereocenters. The van der Waals surface area contributed by atoms with Crippen LogP contribution in [-0.4, -0.2) is 5.78 Å². The molecule has 0 fully saturated rings. The van der Waals surface area contributed by atoms with Crippen molar-refractivity contribution in [1.29, 1.82) is 0 Å². The Morgan fingerprint density at radius 3 is 2.25 bits per heavy atom. The maximum atomic E-state index is 11.0. The van der Waals surface area contributed by atoms with Crippen LogP contribution in [0, 0.1) is 0 Å². The summed E-state index contributed by atoms with van der Waals surface area (Å²) in [5, 5.41) is 0. The minimum absolute atomic E-state index is 0.123. The first-order valence-electron chi connectivity index (χ1n) is 3.51. The average Bonchev–Trinajstić information content (AvgIpc) is 2.04.